The summed E-state index contributed by atoms with van der Waals surface area (Å²) in [4.78, 5) is 13.9. The molecule has 0 aliphatic carbocycles. The molecule has 0 unspecified atom stereocenters. The molecule has 0 saturated heterocycles. The number of aliphatic hydroxyl groups is 1. The Balaban J connectivity index is 2.57. The van der Waals surface area contributed by atoms with Gasteiger partial charge in [-0.3, -0.25) is 4.79 Å². The van der Waals surface area contributed by atoms with E-state index < -0.39 is 0 Å². The number of nitrogens with zero attached hydrogens (tertiary/aromatic N) is 1. The van der Waals surface area contributed by atoms with Gasteiger partial charge in [0, 0.05) is 18.2 Å². The number of nitrogens with two attached hydrogens (primary N) is 1. The van der Waals surface area contributed by atoms with E-state index in [-0.39, 0.29) is 25.2 Å². The van der Waals surface area contributed by atoms with Crippen LogP contribution >= 0.6 is 12.2 Å². The Bertz CT molecular complexity index is 460. The third-order valence-electron chi connectivity index (χ3n) is 2.79. The minimum absolute atomic E-state index is 0.0234. The van der Waals surface area contributed by atoms with Gasteiger partial charge >= 0.3 is 0 Å². The largest absolute Gasteiger partial charge is 0.484 e. The van der Waals surface area contributed by atoms with Crippen molar-refractivity contribution in [1.82, 2.24) is 4.90 Å². The Labute approximate surface area is 124 Å². The first-order chi connectivity index (χ1) is 9.45. The number of aliphatic hydroxyl groups excluding tert-OH is 1. The van der Waals surface area contributed by atoms with E-state index >= 15 is 0 Å². The van der Waals surface area contributed by atoms with Crippen molar-refractivity contribution in [3.8, 4) is 5.75 Å². The molecule has 20 heavy (non-hydrogen) atoms. The van der Waals surface area contributed by atoms with Gasteiger partial charge in [0.15, 0.2) is 6.61 Å². The highest BCUT2D eigenvalue weighted by Gasteiger charge is 2.16. The minimum atomic E-state index is -0.160. The molecule has 1 aromatic carbocycles. The molecule has 1 amide bonds. The van der Waals surface area contributed by atoms with Gasteiger partial charge < -0.3 is 20.5 Å². The molecule has 1 aromatic rings. The van der Waals surface area contributed by atoms with Crippen LogP contribution < -0.4 is 10.5 Å². The van der Waals surface area contributed by atoms with Crippen molar-refractivity contribution >= 4 is 23.1 Å². The second kappa shape index (κ2) is 7.81. The van der Waals surface area contributed by atoms with E-state index in [1.54, 1.807) is 29.2 Å². The zero-order chi connectivity index (χ0) is 15.1. The van der Waals surface area contributed by atoms with Gasteiger partial charge in [0.1, 0.15) is 10.7 Å². The third-order valence-corrected chi connectivity index (χ3v) is 3.02. The van der Waals surface area contributed by atoms with E-state index in [0.717, 1.165) is 5.56 Å². The van der Waals surface area contributed by atoms with Crippen LogP contribution in [0.1, 0.15) is 19.4 Å². The lowest BCUT2D eigenvalue weighted by Crippen LogP contribution is -2.41. The average Bonchev–Trinajstić information content (AvgIpc) is 2.42. The number of carbonyl (C=O) groups is 1. The number of rotatable bonds is 7. The molecule has 110 valence electrons. The highest BCUT2D eigenvalue weighted by molar-refractivity contribution is 7.80. The topological polar surface area (TPSA) is 75.8 Å². The molecule has 0 radical (unpaired) electrons. The molecule has 0 fully saturated rings. The van der Waals surface area contributed by atoms with Crippen molar-refractivity contribution in [2.45, 2.75) is 19.9 Å². The monoisotopic (exact) mass is 296 g/mol. The maximum Gasteiger partial charge on any atom is 0.260 e. The molecular weight excluding hydrogens is 276 g/mol. The molecule has 0 spiro atoms. The van der Waals surface area contributed by atoms with Crippen LogP contribution in [0.25, 0.3) is 0 Å². The van der Waals surface area contributed by atoms with Crippen molar-refractivity contribution in [3.05, 3.63) is 29.8 Å². The molecule has 0 aliphatic heterocycles. The molecule has 0 aromatic heterocycles. The number of hydrogen-bond donors (Lipinski definition) is 2. The molecule has 0 atom stereocenters. The Hall–Kier alpha value is -1.66. The number of thiocarbonyl (C=S) groups is 1. The van der Waals surface area contributed by atoms with Crippen molar-refractivity contribution in [2.75, 3.05) is 19.8 Å². The highest BCUT2D eigenvalue weighted by atomic mass is 32.1. The molecule has 3 N–H and O–H groups in total. The fourth-order valence-electron chi connectivity index (χ4n) is 1.72. The van der Waals surface area contributed by atoms with E-state index in [9.17, 15) is 4.79 Å². The van der Waals surface area contributed by atoms with E-state index in [1.807, 2.05) is 13.8 Å². The van der Waals surface area contributed by atoms with Crippen LogP contribution in [0, 0.1) is 0 Å². The summed E-state index contributed by atoms with van der Waals surface area (Å²) >= 11 is 4.86. The maximum absolute atomic E-state index is 12.0. The van der Waals surface area contributed by atoms with Gasteiger partial charge in [-0.1, -0.05) is 12.2 Å². The van der Waals surface area contributed by atoms with E-state index in [4.69, 9.17) is 27.8 Å². The van der Waals surface area contributed by atoms with Crippen molar-refractivity contribution in [1.29, 1.82) is 0 Å². The van der Waals surface area contributed by atoms with Gasteiger partial charge in [0.25, 0.3) is 5.91 Å². The highest BCUT2D eigenvalue weighted by Crippen LogP contribution is 2.12. The fourth-order valence-corrected chi connectivity index (χ4v) is 1.86. The molecule has 5 nitrogen and oxygen atoms in total. The fraction of sp³-hybridized carbons (Fsp3) is 0.429. The lowest BCUT2D eigenvalue weighted by Gasteiger charge is -2.25. The second-order valence-electron chi connectivity index (χ2n) is 4.58. The van der Waals surface area contributed by atoms with Gasteiger partial charge in [0.05, 0.1) is 6.61 Å². The lowest BCUT2D eigenvalue weighted by atomic mass is 10.2. The lowest BCUT2D eigenvalue weighted by molar-refractivity contribution is -0.135. The number of carbonyl (C=O) groups excluding carboxylic acids is 1. The molecule has 0 aliphatic rings. The number of amides is 1. The van der Waals surface area contributed by atoms with E-state index in [1.165, 1.54) is 0 Å². The molecule has 6 heteroatoms. The van der Waals surface area contributed by atoms with Crippen molar-refractivity contribution in [3.63, 3.8) is 0 Å². The summed E-state index contributed by atoms with van der Waals surface area (Å²) in [6.07, 6.45) is 0. The molecule has 0 bridgehead atoms. The third kappa shape index (κ3) is 4.79. The summed E-state index contributed by atoms with van der Waals surface area (Å²) in [5.74, 6) is 0.415. The normalized spacial score (nSPS) is 10.4. The average molecular weight is 296 g/mol. The Morgan fingerprint density at radius 3 is 2.45 bits per heavy atom. The minimum Gasteiger partial charge on any atom is -0.484 e. The summed E-state index contributed by atoms with van der Waals surface area (Å²) in [6, 6.07) is 6.95. The maximum atomic E-state index is 12.0. The predicted molar refractivity (Wildman–Crippen MR) is 81.8 cm³/mol. The van der Waals surface area contributed by atoms with Gasteiger partial charge in [-0.15, -0.1) is 0 Å². The Morgan fingerprint density at radius 1 is 1.40 bits per heavy atom. The van der Waals surface area contributed by atoms with E-state index in [0.29, 0.717) is 17.3 Å². The second-order valence-corrected chi connectivity index (χ2v) is 5.02. The predicted octanol–water partition coefficient (Wildman–Crippen LogP) is 0.929. The smallest absolute Gasteiger partial charge is 0.260 e. The van der Waals surface area contributed by atoms with Gasteiger partial charge in [-0.05, 0) is 38.1 Å². The van der Waals surface area contributed by atoms with Crippen LogP contribution in [0.5, 0.6) is 5.75 Å². The van der Waals surface area contributed by atoms with Crippen LogP contribution in [-0.2, 0) is 4.79 Å². The van der Waals surface area contributed by atoms with Gasteiger partial charge in [-0.25, -0.2) is 0 Å². The van der Waals surface area contributed by atoms with Crippen molar-refractivity contribution < 1.29 is 14.6 Å². The number of benzene rings is 1. The summed E-state index contributed by atoms with van der Waals surface area (Å²) in [6.45, 7) is 3.96. The van der Waals surface area contributed by atoms with Crippen LogP contribution in [0.2, 0.25) is 0 Å². The molecule has 1 rings (SSSR count). The van der Waals surface area contributed by atoms with Crippen LogP contribution in [0.3, 0.4) is 0 Å². The van der Waals surface area contributed by atoms with Crippen LogP contribution in [-0.4, -0.2) is 46.7 Å². The van der Waals surface area contributed by atoms with E-state index in [2.05, 4.69) is 0 Å². The summed E-state index contributed by atoms with van der Waals surface area (Å²) < 4.78 is 5.42. The standard InChI is InChI=1S/C14H20N2O3S/c1-10(2)16(7-8-17)13(18)9-19-12-5-3-11(4-6-12)14(15)20/h3-6,10,17H,7-9H2,1-2H3,(H2,15,20). The SMILES string of the molecule is CC(C)N(CCO)C(=O)COc1ccc(C(N)=S)cc1. The Morgan fingerprint density at radius 2 is 2.00 bits per heavy atom. The first-order valence-corrected chi connectivity index (χ1v) is 6.79. The molecule has 0 heterocycles. The first-order valence-electron chi connectivity index (χ1n) is 6.38. The van der Waals surface area contributed by atoms with Crippen molar-refractivity contribution in [2.24, 2.45) is 5.73 Å². The summed E-state index contributed by atoms with van der Waals surface area (Å²) in [7, 11) is 0. The van der Waals surface area contributed by atoms with Crippen LogP contribution in [0.15, 0.2) is 24.3 Å². The number of ether oxygens (including phenoxy) is 1. The Kier molecular flexibility index (Phi) is 6.41. The molecular formula is C14H20N2O3S. The number of hydrogen-bond acceptors (Lipinski definition) is 4. The first kappa shape index (κ1) is 16.4. The van der Waals surface area contributed by atoms with Gasteiger partial charge in [-0.2, -0.15) is 0 Å². The summed E-state index contributed by atoms with van der Waals surface area (Å²) in [5, 5.41) is 8.94. The summed E-state index contributed by atoms with van der Waals surface area (Å²) in [5.41, 5.74) is 6.25. The van der Waals surface area contributed by atoms with Crippen LogP contribution in [0.4, 0.5) is 0 Å². The molecule has 0 saturated carbocycles. The quantitative estimate of drug-likeness (QED) is 0.732. The zero-order valence-electron chi connectivity index (χ0n) is 11.7. The van der Waals surface area contributed by atoms with Gasteiger partial charge in [0.2, 0.25) is 0 Å². The zero-order valence-corrected chi connectivity index (χ0v) is 12.5.